The van der Waals surface area contributed by atoms with Crippen molar-refractivity contribution in [1.82, 2.24) is 5.32 Å². The summed E-state index contributed by atoms with van der Waals surface area (Å²) in [6.07, 6.45) is 3.62. The molecule has 5 nitrogen and oxygen atoms in total. The Balaban J connectivity index is 1.65. The number of hydrogen-bond donors (Lipinski definition) is 1. The van der Waals surface area contributed by atoms with Gasteiger partial charge in [0.2, 0.25) is 0 Å². The average Bonchev–Trinajstić information content (AvgIpc) is 3.13. The van der Waals surface area contributed by atoms with E-state index in [0.717, 1.165) is 22.6 Å². The number of hydrogen-bond acceptors (Lipinski definition) is 6. The van der Waals surface area contributed by atoms with Crippen molar-refractivity contribution in [3.05, 3.63) is 44.8 Å². The maximum absolute atomic E-state index is 12.5. The fourth-order valence-corrected chi connectivity index (χ4v) is 3.98. The number of carbonyl (C=O) groups excluding carboxylic acids is 2. The number of rotatable bonds is 7. The van der Waals surface area contributed by atoms with E-state index in [0.29, 0.717) is 5.57 Å². The van der Waals surface area contributed by atoms with Gasteiger partial charge in [0.1, 0.15) is 5.54 Å². The molecule has 7 heteroatoms. The fraction of sp³-hybridized carbons (Fsp3) is 0.316. The largest absolute Gasteiger partial charge is 0.452 e. The van der Waals surface area contributed by atoms with Gasteiger partial charge in [-0.1, -0.05) is 12.1 Å². The summed E-state index contributed by atoms with van der Waals surface area (Å²) in [6, 6.07) is 9.66. The maximum atomic E-state index is 12.5. The molecule has 0 saturated heterocycles. The van der Waals surface area contributed by atoms with Gasteiger partial charge in [-0.25, -0.2) is 4.79 Å². The molecule has 1 N–H and O–H groups in total. The Morgan fingerprint density at radius 2 is 2.08 bits per heavy atom. The lowest BCUT2D eigenvalue weighted by Gasteiger charge is -2.22. The molecule has 1 amide bonds. The first kappa shape index (κ1) is 18.4. The summed E-state index contributed by atoms with van der Waals surface area (Å²) in [5.41, 5.74) is -0.479. The van der Waals surface area contributed by atoms with Crippen LogP contribution in [0.4, 0.5) is 0 Å². The Labute approximate surface area is 159 Å². The molecule has 0 spiro atoms. The minimum absolute atomic E-state index is 0.174. The van der Waals surface area contributed by atoms with Crippen molar-refractivity contribution in [2.24, 2.45) is 5.92 Å². The summed E-state index contributed by atoms with van der Waals surface area (Å²) in [5.74, 6) is -0.843. The summed E-state index contributed by atoms with van der Waals surface area (Å²) >= 11 is 2.95. The summed E-state index contributed by atoms with van der Waals surface area (Å²) in [4.78, 5) is 26.4. The predicted molar refractivity (Wildman–Crippen MR) is 102 cm³/mol. The van der Waals surface area contributed by atoms with Crippen LogP contribution < -0.4 is 5.32 Å². The Kier molecular flexibility index (Phi) is 5.55. The second-order valence-electron chi connectivity index (χ2n) is 6.26. The van der Waals surface area contributed by atoms with Crippen LogP contribution in [-0.2, 0) is 14.3 Å². The third-order valence-corrected chi connectivity index (χ3v) is 5.92. The molecule has 26 heavy (non-hydrogen) atoms. The molecule has 0 radical (unpaired) electrons. The van der Waals surface area contributed by atoms with E-state index in [-0.39, 0.29) is 5.92 Å². The first-order valence-corrected chi connectivity index (χ1v) is 9.96. The van der Waals surface area contributed by atoms with Crippen LogP contribution in [0.2, 0.25) is 0 Å². The van der Waals surface area contributed by atoms with Crippen LogP contribution in [0.15, 0.2) is 35.0 Å². The molecular formula is C19H18N2O3S2. The second kappa shape index (κ2) is 7.85. The van der Waals surface area contributed by atoms with Gasteiger partial charge in [0.25, 0.3) is 5.91 Å². The average molecular weight is 386 g/mol. The molecule has 0 aromatic carbocycles. The van der Waals surface area contributed by atoms with Gasteiger partial charge < -0.3 is 10.1 Å². The predicted octanol–water partition coefficient (Wildman–Crippen LogP) is 3.70. The molecule has 1 aliphatic rings. The number of carbonyl (C=O) groups is 2. The second-order valence-corrected chi connectivity index (χ2v) is 8.19. The number of ether oxygens (including phenoxy) is 1. The molecule has 1 saturated carbocycles. The molecule has 1 atom stereocenters. The topological polar surface area (TPSA) is 79.2 Å². The first-order chi connectivity index (χ1) is 12.5. The number of thiophene rings is 2. The van der Waals surface area contributed by atoms with Gasteiger partial charge in [-0.15, -0.1) is 22.7 Å². The van der Waals surface area contributed by atoms with E-state index in [4.69, 9.17) is 4.74 Å². The number of amides is 1. The van der Waals surface area contributed by atoms with Crippen LogP contribution >= 0.6 is 22.7 Å². The van der Waals surface area contributed by atoms with E-state index in [1.165, 1.54) is 22.7 Å². The van der Waals surface area contributed by atoms with Gasteiger partial charge >= 0.3 is 5.97 Å². The van der Waals surface area contributed by atoms with Crippen LogP contribution in [0.3, 0.4) is 0 Å². The molecule has 3 rings (SSSR count). The van der Waals surface area contributed by atoms with Crippen molar-refractivity contribution < 1.29 is 14.3 Å². The third kappa shape index (κ3) is 4.40. The summed E-state index contributed by atoms with van der Waals surface area (Å²) in [6.45, 7) is 1.30. The van der Waals surface area contributed by atoms with Gasteiger partial charge in [0.05, 0.1) is 11.6 Å². The Morgan fingerprint density at radius 1 is 1.35 bits per heavy atom. The summed E-state index contributed by atoms with van der Waals surface area (Å²) < 4.78 is 5.21. The zero-order valence-electron chi connectivity index (χ0n) is 14.2. The van der Waals surface area contributed by atoms with Crippen LogP contribution in [0, 0.1) is 17.2 Å². The maximum Gasteiger partial charge on any atom is 0.340 e. The van der Waals surface area contributed by atoms with E-state index in [1.54, 1.807) is 13.0 Å². The van der Waals surface area contributed by atoms with Crippen LogP contribution in [0.5, 0.6) is 0 Å². The van der Waals surface area contributed by atoms with E-state index < -0.39 is 24.0 Å². The molecule has 2 heterocycles. The van der Waals surface area contributed by atoms with E-state index in [2.05, 4.69) is 11.4 Å². The minimum Gasteiger partial charge on any atom is -0.452 e. The molecule has 0 aliphatic heterocycles. The molecule has 1 fully saturated rings. The van der Waals surface area contributed by atoms with Crippen LogP contribution in [-0.4, -0.2) is 24.0 Å². The van der Waals surface area contributed by atoms with Gasteiger partial charge in [0, 0.05) is 9.75 Å². The number of nitrogens with zero attached hydrogens (tertiary/aromatic N) is 1. The van der Waals surface area contributed by atoms with Crippen LogP contribution in [0.1, 0.15) is 29.5 Å². The molecule has 0 bridgehead atoms. The Hall–Kier alpha value is -2.43. The highest BCUT2D eigenvalue weighted by Gasteiger charge is 2.43. The van der Waals surface area contributed by atoms with Gasteiger partial charge in [-0.2, -0.15) is 5.26 Å². The third-order valence-electron chi connectivity index (χ3n) is 4.20. The SMILES string of the molecule is C[C@](C#N)(NC(=O)COC(=O)/C(=C/c1cccs1)c1cccs1)C1CC1. The van der Waals surface area contributed by atoms with Crippen molar-refractivity contribution in [2.45, 2.75) is 25.3 Å². The molecule has 134 valence electrons. The fourth-order valence-electron chi connectivity index (χ4n) is 2.59. The molecule has 2 aromatic heterocycles. The number of esters is 1. The molecule has 2 aromatic rings. The van der Waals surface area contributed by atoms with Crippen molar-refractivity contribution >= 4 is 46.2 Å². The molecular weight excluding hydrogens is 368 g/mol. The minimum atomic E-state index is -0.896. The highest BCUT2D eigenvalue weighted by atomic mass is 32.1. The highest BCUT2D eigenvalue weighted by molar-refractivity contribution is 7.12. The van der Waals surface area contributed by atoms with Crippen LogP contribution in [0.25, 0.3) is 11.6 Å². The van der Waals surface area contributed by atoms with Crippen molar-refractivity contribution in [2.75, 3.05) is 6.61 Å². The zero-order valence-corrected chi connectivity index (χ0v) is 15.9. The van der Waals surface area contributed by atoms with Crippen molar-refractivity contribution in [3.8, 4) is 6.07 Å². The van der Waals surface area contributed by atoms with Crippen molar-refractivity contribution in [1.29, 1.82) is 5.26 Å². The van der Waals surface area contributed by atoms with Gasteiger partial charge in [0.15, 0.2) is 6.61 Å². The number of nitrogens with one attached hydrogen (secondary N) is 1. The lowest BCUT2D eigenvalue weighted by molar-refractivity contribution is -0.143. The van der Waals surface area contributed by atoms with Gasteiger partial charge in [-0.05, 0) is 54.7 Å². The summed E-state index contributed by atoms with van der Waals surface area (Å²) in [5, 5.41) is 15.8. The monoisotopic (exact) mass is 386 g/mol. The quantitative estimate of drug-likeness (QED) is 0.581. The molecule has 1 aliphatic carbocycles. The normalized spacial score (nSPS) is 16.4. The standard InChI is InChI=1S/C19H18N2O3S2/c1-19(12-20,13-6-7-13)21-17(22)11-24-18(23)15(16-5-3-9-26-16)10-14-4-2-8-25-14/h2-5,8-10,13H,6-7,11H2,1H3,(H,21,22)/b15-10+/t19-/m1/s1. The van der Waals surface area contributed by atoms with Crippen molar-refractivity contribution in [3.63, 3.8) is 0 Å². The summed E-state index contributed by atoms with van der Waals surface area (Å²) in [7, 11) is 0. The lowest BCUT2D eigenvalue weighted by Crippen LogP contribution is -2.48. The van der Waals surface area contributed by atoms with E-state index in [9.17, 15) is 14.9 Å². The highest BCUT2D eigenvalue weighted by Crippen LogP contribution is 2.39. The molecule has 0 unspecified atom stereocenters. The lowest BCUT2D eigenvalue weighted by atomic mass is 9.98. The smallest absolute Gasteiger partial charge is 0.340 e. The Morgan fingerprint density at radius 3 is 2.65 bits per heavy atom. The van der Waals surface area contributed by atoms with E-state index in [1.807, 2.05) is 35.0 Å². The number of nitriles is 1. The first-order valence-electron chi connectivity index (χ1n) is 8.20. The Bertz CT molecular complexity index is 846. The van der Waals surface area contributed by atoms with Gasteiger partial charge in [-0.3, -0.25) is 4.79 Å². The zero-order chi connectivity index (χ0) is 18.6. The van der Waals surface area contributed by atoms with E-state index >= 15 is 0 Å².